The van der Waals surface area contributed by atoms with Crippen LogP contribution in [0.5, 0.6) is 5.75 Å². The van der Waals surface area contributed by atoms with Gasteiger partial charge in [-0.15, -0.1) is 0 Å². The van der Waals surface area contributed by atoms with Crippen LogP contribution in [-0.4, -0.2) is 22.0 Å². The smallest absolute Gasteiger partial charge is 0.335 e. The minimum Gasteiger partial charge on any atom is -0.508 e. The largest absolute Gasteiger partial charge is 0.508 e. The van der Waals surface area contributed by atoms with Crippen molar-refractivity contribution in [3.05, 3.63) is 94.5 Å². The molecule has 3 N–H and O–H groups in total. The summed E-state index contributed by atoms with van der Waals surface area (Å²) in [4.78, 5) is 23.7. The summed E-state index contributed by atoms with van der Waals surface area (Å²) in [5, 5.41) is 22.3. The average molecular weight is 396 g/mol. The highest BCUT2D eigenvalue weighted by atomic mass is 35.5. The Balaban J connectivity index is 1.84. The maximum absolute atomic E-state index is 12.7. The molecule has 0 bridgehead atoms. The lowest BCUT2D eigenvalue weighted by molar-refractivity contribution is 0.0696. The van der Waals surface area contributed by atoms with Crippen LogP contribution in [-0.2, 0) is 0 Å². The summed E-state index contributed by atoms with van der Waals surface area (Å²) in [6.07, 6.45) is 0.174. The Bertz CT molecular complexity index is 967. The molecular weight excluding hydrogens is 378 g/mol. The first-order valence-electron chi connectivity index (χ1n) is 8.60. The lowest BCUT2D eigenvalue weighted by Gasteiger charge is -2.20. The van der Waals surface area contributed by atoms with Crippen LogP contribution < -0.4 is 5.32 Å². The highest BCUT2D eigenvalue weighted by molar-refractivity contribution is 6.30. The minimum atomic E-state index is -0.997. The van der Waals surface area contributed by atoms with Crippen LogP contribution in [0.4, 0.5) is 5.69 Å². The zero-order valence-electron chi connectivity index (χ0n) is 14.8. The lowest BCUT2D eigenvalue weighted by atomic mass is 9.97. The van der Waals surface area contributed by atoms with Gasteiger partial charge in [0.1, 0.15) is 5.75 Å². The van der Waals surface area contributed by atoms with Crippen LogP contribution in [0.15, 0.2) is 72.8 Å². The summed E-state index contributed by atoms with van der Waals surface area (Å²) in [6, 6.07) is 19.3. The molecule has 0 saturated carbocycles. The predicted molar refractivity (Wildman–Crippen MR) is 108 cm³/mol. The van der Waals surface area contributed by atoms with E-state index < -0.39 is 5.97 Å². The quantitative estimate of drug-likeness (QED) is 0.480. The fraction of sp³-hybridized carbons (Fsp3) is 0.0909. The topological polar surface area (TPSA) is 86.6 Å². The number of anilines is 1. The second-order valence-corrected chi connectivity index (χ2v) is 6.74. The van der Waals surface area contributed by atoms with Crippen LogP contribution in [0.2, 0.25) is 5.02 Å². The van der Waals surface area contributed by atoms with E-state index in [0.29, 0.717) is 16.3 Å². The molecule has 0 heterocycles. The maximum atomic E-state index is 12.7. The third-order valence-corrected chi connectivity index (χ3v) is 4.58. The fourth-order valence-corrected chi connectivity index (χ4v) is 2.93. The van der Waals surface area contributed by atoms with E-state index in [0.717, 1.165) is 5.56 Å². The van der Waals surface area contributed by atoms with Gasteiger partial charge in [0.2, 0.25) is 0 Å². The molecule has 1 atom stereocenters. The summed E-state index contributed by atoms with van der Waals surface area (Å²) in [6.45, 7) is 0. The Kier molecular flexibility index (Phi) is 5.96. The number of hydrogen-bond acceptors (Lipinski definition) is 4. The Labute approximate surface area is 167 Å². The minimum absolute atomic E-state index is 0.0883. The van der Waals surface area contributed by atoms with Gasteiger partial charge in [0.05, 0.1) is 11.6 Å². The number of carboxylic acid groups (broad SMARTS) is 1. The normalized spacial score (nSPS) is 11.6. The van der Waals surface area contributed by atoms with E-state index in [1.807, 2.05) is 12.1 Å². The van der Waals surface area contributed by atoms with Crippen LogP contribution in [0, 0.1) is 0 Å². The molecule has 0 aromatic heterocycles. The predicted octanol–water partition coefficient (Wildman–Crippen LogP) is 5.17. The molecule has 6 heteroatoms. The van der Waals surface area contributed by atoms with E-state index in [1.165, 1.54) is 24.3 Å². The van der Waals surface area contributed by atoms with Crippen molar-refractivity contribution in [1.29, 1.82) is 0 Å². The molecule has 0 aliphatic rings. The highest BCUT2D eigenvalue weighted by Gasteiger charge is 2.18. The first-order valence-corrected chi connectivity index (χ1v) is 8.98. The number of Topliss-reactive ketones (excluding diaryl/α,β-unsaturated/α-hetero) is 1. The number of halogens is 1. The molecular formula is C22H18ClNO4. The first-order chi connectivity index (χ1) is 13.4. The fourth-order valence-electron chi connectivity index (χ4n) is 2.81. The van der Waals surface area contributed by atoms with E-state index >= 15 is 0 Å². The van der Waals surface area contributed by atoms with E-state index in [4.69, 9.17) is 16.7 Å². The molecule has 3 rings (SSSR count). The SMILES string of the molecule is O=C(O)c1ccc(NC(CC(=O)c2ccc(O)cc2)c2ccc(Cl)cc2)cc1. The van der Waals surface area contributed by atoms with Gasteiger partial charge in [-0.05, 0) is 66.2 Å². The number of hydrogen-bond donors (Lipinski definition) is 3. The van der Waals surface area contributed by atoms with Gasteiger partial charge in [-0.3, -0.25) is 4.79 Å². The molecule has 0 spiro atoms. The van der Waals surface area contributed by atoms with Crippen molar-refractivity contribution in [2.24, 2.45) is 0 Å². The zero-order valence-corrected chi connectivity index (χ0v) is 15.6. The van der Waals surface area contributed by atoms with Gasteiger partial charge < -0.3 is 15.5 Å². The van der Waals surface area contributed by atoms with E-state index in [1.54, 1.807) is 36.4 Å². The summed E-state index contributed by atoms with van der Waals surface area (Å²) >= 11 is 5.97. The van der Waals surface area contributed by atoms with Gasteiger partial charge in [0.15, 0.2) is 5.78 Å². The molecule has 0 aliphatic heterocycles. The number of rotatable bonds is 7. The third kappa shape index (κ3) is 4.90. The standard InChI is InChI=1S/C22H18ClNO4/c23-17-7-1-14(2-8-17)20(13-21(26)15-5-11-19(25)12-6-15)24-18-9-3-16(4-10-18)22(27)28/h1-12,20,24-25H,13H2,(H,27,28). The molecule has 3 aromatic rings. The van der Waals surface area contributed by atoms with Crippen LogP contribution >= 0.6 is 11.6 Å². The van der Waals surface area contributed by atoms with Crippen LogP contribution in [0.25, 0.3) is 0 Å². The van der Waals surface area contributed by atoms with Gasteiger partial charge in [-0.25, -0.2) is 4.79 Å². The molecule has 0 fully saturated rings. The molecule has 1 unspecified atom stereocenters. The molecule has 0 radical (unpaired) electrons. The van der Waals surface area contributed by atoms with Crippen LogP contribution in [0.3, 0.4) is 0 Å². The number of aromatic carboxylic acids is 1. The number of benzene rings is 3. The molecule has 3 aromatic carbocycles. The number of carboxylic acids is 1. The number of carbonyl (C=O) groups is 2. The summed E-state index contributed by atoms with van der Waals surface area (Å²) < 4.78 is 0. The Morgan fingerprint density at radius 1 is 0.857 bits per heavy atom. The lowest BCUT2D eigenvalue weighted by Crippen LogP contribution is -2.16. The molecule has 142 valence electrons. The van der Waals surface area contributed by atoms with E-state index in [-0.39, 0.29) is 29.6 Å². The summed E-state index contributed by atoms with van der Waals surface area (Å²) in [7, 11) is 0. The van der Waals surface area contributed by atoms with Gasteiger partial charge in [0, 0.05) is 22.7 Å². The van der Waals surface area contributed by atoms with Gasteiger partial charge >= 0.3 is 5.97 Å². The average Bonchev–Trinajstić information content (AvgIpc) is 2.69. The molecule has 5 nitrogen and oxygen atoms in total. The molecule has 0 saturated heterocycles. The maximum Gasteiger partial charge on any atom is 0.335 e. The molecule has 0 aliphatic carbocycles. The monoisotopic (exact) mass is 395 g/mol. The Hall–Kier alpha value is -3.31. The number of nitrogens with one attached hydrogen (secondary N) is 1. The highest BCUT2D eigenvalue weighted by Crippen LogP contribution is 2.26. The van der Waals surface area contributed by atoms with Crippen molar-refractivity contribution in [1.82, 2.24) is 0 Å². The van der Waals surface area contributed by atoms with Crippen molar-refractivity contribution >= 4 is 29.0 Å². The van der Waals surface area contributed by atoms with Gasteiger partial charge in [-0.1, -0.05) is 23.7 Å². The zero-order chi connectivity index (χ0) is 20.1. The third-order valence-electron chi connectivity index (χ3n) is 4.32. The Morgan fingerprint density at radius 3 is 2.00 bits per heavy atom. The van der Waals surface area contributed by atoms with Gasteiger partial charge in [-0.2, -0.15) is 0 Å². The Morgan fingerprint density at radius 2 is 1.43 bits per heavy atom. The molecule has 28 heavy (non-hydrogen) atoms. The van der Waals surface area contributed by atoms with E-state index in [9.17, 15) is 14.7 Å². The number of carbonyl (C=O) groups excluding carboxylic acids is 1. The second kappa shape index (κ2) is 8.59. The van der Waals surface area contributed by atoms with Crippen molar-refractivity contribution in [3.8, 4) is 5.75 Å². The van der Waals surface area contributed by atoms with Gasteiger partial charge in [0.25, 0.3) is 0 Å². The van der Waals surface area contributed by atoms with Crippen molar-refractivity contribution in [3.63, 3.8) is 0 Å². The summed E-state index contributed by atoms with van der Waals surface area (Å²) in [5.41, 5.74) is 2.26. The van der Waals surface area contributed by atoms with Crippen molar-refractivity contribution in [2.75, 3.05) is 5.32 Å². The number of phenolic OH excluding ortho intramolecular Hbond substituents is 1. The van der Waals surface area contributed by atoms with Crippen LogP contribution in [0.1, 0.15) is 38.7 Å². The summed E-state index contributed by atoms with van der Waals surface area (Å²) in [5.74, 6) is -0.986. The van der Waals surface area contributed by atoms with Crippen molar-refractivity contribution < 1.29 is 19.8 Å². The molecule has 0 amide bonds. The van der Waals surface area contributed by atoms with Crippen molar-refractivity contribution in [2.45, 2.75) is 12.5 Å². The number of aromatic hydroxyl groups is 1. The first kappa shape index (κ1) is 19.5. The number of ketones is 1. The second-order valence-electron chi connectivity index (χ2n) is 6.31. The number of phenols is 1. The van der Waals surface area contributed by atoms with E-state index in [2.05, 4.69) is 5.32 Å².